The molecular formula is C26H29N3O4. The molecule has 3 aromatic rings. The molecule has 0 radical (unpaired) electrons. The average molecular weight is 448 g/mol. The van der Waals surface area contributed by atoms with E-state index >= 15 is 0 Å². The Kier molecular flexibility index (Phi) is 6.05. The van der Waals surface area contributed by atoms with Crippen molar-refractivity contribution in [2.24, 2.45) is 0 Å². The van der Waals surface area contributed by atoms with Crippen LogP contribution in [0.2, 0.25) is 0 Å². The summed E-state index contributed by atoms with van der Waals surface area (Å²) in [5, 5.41) is 3.76. The number of H-pyrrole nitrogens is 1. The molecule has 1 aliphatic carbocycles. The molecule has 1 amide bonds. The highest BCUT2D eigenvalue weighted by molar-refractivity contribution is 5.97. The van der Waals surface area contributed by atoms with Gasteiger partial charge in [-0.2, -0.15) is 0 Å². The summed E-state index contributed by atoms with van der Waals surface area (Å²) in [6.45, 7) is 2.40. The van der Waals surface area contributed by atoms with E-state index in [4.69, 9.17) is 9.47 Å². The first-order valence-electron chi connectivity index (χ1n) is 11.6. The molecule has 1 saturated carbocycles. The van der Waals surface area contributed by atoms with Crippen molar-refractivity contribution in [3.05, 3.63) is 70.0 Å². The van der Waals surface area contributed by atoms with E-state index in [2.05, 4.69) is 15.2 Å². The predicted molar refractivity (Wildman–Crippen MR) is 127 cm³/mol. The molecule has 172 valence electrons. The van der Waals surface area contributed by atoms with E-state index in [0.29, 0.717) is 29.0 Å². The van der Waals surface area contributed by atoms with Crippen molar-refractivity contribution in [3.63, 3.8) is 0 Å². The number of aromatic nitrogens is 1. The first-order valence-corrected chi connectivity index (χ1v) is 11.6. The number of likely N-dealkylation sites (tertiary alicyclic amines) is 1. The van der Waals surface area contributed by atoms with Gasteiger partial charge in [-0.25, -0.2) is 0 Å². The summed E-state index contributed by atoms with van der Waals surface area (Å²) in [7, 11) is 1.61. The Morgan fingerprint density at radius 1 is 1.09 bits per heavy atom. The first-order chi connectivity index (χ1) is 16.1. The van der Waals surface area contributed by atoms with Gasteiger partial charge in [-0.05, 0) is 49.9 Å². The third-order valence-electron chi connectivity index (χ3n) is 6.36. The molecular weight excluding hydrogens is 418 g/mol. The summed E-state index contributed by atoms with van der Waals surface area (Å²) in [5.41, 5.74) is 2.39. The standard InChI is InChI=1S/C26H29N3O4/c1-32-20-8-9-22(26(31)28-17-6-7-17)25(15-20)33-19-10-12-29(13-11-19)16-18-14-24(30)21-4-2-3-5-23(21)27-18/h2-5,8-9,14-15,17,19H,6-7,10-13,16H2,1H3,(H,27,30)(H,28,31). The molecule has 1 saturated heterocycles. The summed E-state index contributed by atoms with van der Waals surface area (Å²) < 4.78 is 11.6. The predicted octanol–water partition coefficient (Wildman–Crippen LogP) is 3.47. The molecule has 5 rings (SSSR count). The van der Waals surface area contributed by atoms with Gasteiger partial charge in [0, 0.05) is 54.4 Å². The molecule has 2 N–H and O–H groups in total. The number of carbonyl (C=O) groups excluding carboxylic acids is 1. The molecule has 33 heavy (non-hydrogen) atoms. The van der Waals surface area contributed by atoms with Crippen LogP contribution in [0.3, 0.4) is 0 Å². The third kappa shape index (κ3) is 5.03. The Bertz CT molecular complexity index is 1210. The topological polar surface area (TPSA) is 83.7 Å². The van der Waals surface area contributed by atoms with Gasteiger partial charge in [0.15, 0.2) is 5.43 Å². The van der Waals surface area contributed by atoms with Gasteiger partial charge in [0.2, 0.25) is 0 Å². The third-order valence-corrected chi connectivity index (χ3v) is 6.36. The summed E-state index contributed by atoms with van der Waals surface area (Å²) in [6.07, 6.45) is 3.80. The number of aromatic amines is 1. The highest BCUT2D eigenvalue weighted by Gasteiger charge is 2.27. The number of para-hydroxylation sites is 1. The molecule has 0 bridgehead atoms. The van der Waals surface area contributed by atoms with Crippen molar-refractivity contribution in [3.8, 4) is 11.5 Å². The fourth-order valence-electron chi connectivity index (χ4n) is 4.35. The van der Waals surface area contributed by atoms with Crippen molar-refractivity contribution in [2.45, 2.75) is 44.4 Å². The van der Waals surface area contributed by atoms with E-state index in [1.807, 2.05) is 24.3 Å². The molecule has 7 heteroatoms. The monoisotopic (exact) mass is 447 g/mol. The molecule has 2 fully saturated rings. The Balaban J connectivity index is 1.23. The van der Waals surface area contributed by atoms with Crippen LogP contribution in [0.15, 0.2) is 53.3 Å². The zero-order valence-electron chi connectivity index (χ0n) is 18.8. The summed E-state index contributed by atoms with van der Waals surface area (Å²) in [4.78, 5) is 30.8. The van der Waals surface area contributed by atoms with E-state index in [1.165, 1.54) is 0 Å². The molecule has 7 nitrogen and oxygen atoms in total. The minimum absolute atomic E-state index is 0.0245. The first kappa shape index (κ1) is 21.5. The van der Waals surface area contributed by atoms with Gasteiger partial charge >= 0.3 is 0 Å². The average Bonchev–Trinajstić information content (AvgIpc) is 3.64. The van der Waals surface area contributed by atoms with Gasteiger partial charge < -0.3 is 19.8 Å². The lowest BCUT2D eigenvalue weighted by molar-refractivity contribution is 0.0886. The molecule has 2 heterocycles. The van der Waals surface area contributed by atoms with Gasteiger partial charge in [0.25, 0.3) is 5.91 Å². The molecule has 0 spiro atoms. The van der Waals surface area contributed by atoms with Gasteiger partial charge in [-0.3, -0.25) is 14.5 Å². The van der Waals surface area contributed by atoms with Crippen LogP contribution in [0.1, 0.15) is 41.7 Å². The summed E-state index contributed by atoms with van der Waals surface area (Å²) >= 11 is 0. The minimum atomic E-state index is -0.0900. The lowest BCUT2D eigenvalue weighted by Crippen LogP contribution is -2.38. The molecule has 2 aromatic carbocycles. The van der Waals surface area contributed by atoms with Gasteiger partial charge in [0.05, 0.1) is 12.7 Å². The fourth-order valence-corrected chi connectivity index (χ4v) is 4.35. The maximum Gasteiger partial charge on any atom is 0.255 e. The molecule has 0 atom stereocenters. The number of nitrogens with one attached hydrogen (secondary N) is 2. The largest absolute Gasteiger partial charge is 0.497 e. The number of amides is 1. The molecule has 2 aliphatic rings. The van der Waals surface area contributed by atoms with Crippen LogP contribution in [0, 0.1) is 0 Å². The van der Waals surface area contributed by atoms with Crippen LogP contribution in [0.25, 0.3) is 10.9 Å². The van der Waals surface area contributed by atoms with E-state index in [-0.39, 0.29) is 23.5 Å². The number of rotatable bonds is 7. The van der Waals surface area contributed by atoms with Crippen molar-refractivity contribution in [1.29, 1.82) is 0 Å². The van der Waals surface area contributed by atoms with Crippen LogP contribution in [-0.2, 0) is 6.54 Å². The van der Waals surface area contributed by atoms with E-state index in [0.717, 1.165) is 50.0 Å². The maximum absolute atomic E-state index is 12.7. The van der Waals surface area contributed by atoms with Gasteiger partial charge in [0.1, 0.15) is 17.6 Å². The lowest BCUT2D eigenvalue weighted by atomic mass is 10.1. The smallest absolute Gasteiger partial charge is 0.255 e. The van der Waals surface area contributed by atoms with Crippen LogP contribution in [0.5, 0.6) is 11.5 Å². The number of methoxy groups -OCH3 is 1. The number of nitrogens with zero attached hydrogens (tertiary/aromatic N) is 1. The van der Waals surface area contributed by atoms with Crippen molar-refractivity contribution in [2.75, 3.05) is 20.2 Å². The van der Waals surface area contributed by atoms with Crippen LogP contribution < -0.4 is 20.2 Å². The van der Waals surface area contributed by atoms with E-state index < -0.39 is 0 Å². The molecule has 1 aliphatic heterocycles. The second-order valence-electron chi connectivity index (χ2n) is 8.91. The van der Waals surface area contributed by atoms with E-state index in [9.17, 15) is 9.59 Å². The maximum atomic E-state index is 12.7. The number of carbonyl (C=O) groups is 1. The van der Waals surface area contributed by atoms with Crippen molar-refractivity contribution < 1.29 is 14.3 Å². The van der Waals surface area contributed by atoms with Gasteiger partial charge in [-0.1, -0.05) is 12.1 Å². The van der Waals surface area contributed by atoms with Crippen LogP contribution >= 0.6 is 0 Å². The number of pyridine rings is 1. The van der Waals surface area contributed by atoms with E-state index in [1.54, 1.807) is 31.4 Å². The lowest BCUT2D eigenvalue weighted by Gasteiger charge is -2.32. The Labute approximate surface area is 192 Å². The number of hydrogen-bond acceptors (Lipinski definition) is 5. The highest BCUT2D eigenvalue weighted by Crippen LogP contribution is 2.29. The number of piperidine rings is 1. The second-order valence-corrected chi connectivity index (χ2v) is 8.91. The normalized spacial score (nSPS) is 17.1. The van der Waals surface area contributed by atoms with Crippen molar-refractivity contribution in [1.82, 2.24) is 15.2 Å². The van der Waals surface area contributed by atoms with Crippen LogP contribution in [-0.4, -0.2) is 48.1 Å². The number of fused-ring (bicyclic) bond motifs is 1. The highest BCUT2D eigenvalue weighted by atomic mass is 16.5. The SMILES string of the molecule is COc1ccc(C(=O)NC2CC2)c(OC2CCN(Cc3cc(=O)c4ccccc4[nH]3)CC2)c1. The quantitative estimate of drug-likeness (QED) is 0.580. The Hall–Kier alpha value is -3.32. The zero-order valence-corrected chi connectivity index (χ0v) is 18.8. The summed E-state index contributed by atoms with van der Waals surface area (Å²) in [5.74, 6) is 1.16. The van der Waals surface area contributed by atoms with Crippen molar-refractivity contribution >= 4 is 16.8 Å². The number of benzene rings is 2. The fraction of sp³-hybridized carbons (Fsp3) is 0.385. The molecule has 1 aromatic heterocycles. The minimum Gasteiger partial charge on any atom is -0.497 e. The Morgan fingerprint density at radius 3 is 2.64 bits per heavy atom. The van der Waals surface area contributed by atoms with Crippen LogP contribution in [0.4, 0.5) is 0 Å². The molecule has 0 unspecified atom stereocenters. The summed E-state index contributed by atoms with van der Waals surface area (Å²) in [6, 6.07) is 15.0. The Morgan fingerprint density at radius 2 is 1.88 bits per heavy atom. The number of ether oxygens (including phenoxy) is 2. The zero-order chi connectivity index (χ0) is 22.8. The second kappa shape index (κ2) is 9.27. The van der Waals surface area contributed by atoms with Gasteiger partial charge in [-0.15, -0.1) is 0 Å². The number of hydrogen-bond donors (Lipinski definition) is 2.